The van der Waals surface area contributed by atoms with Crippen LogP contribution in [0.1, 0.15) is 71.4 Å². The fraction of sp³-hybridized carbons (Fsp3) is 0.600. The van der Waals surface area contributed by atoms with Crippen LogP contribution < -0.4 is 10.6 Å². The Bertz CT molecular complexity index is 834. The first-order chi connectivity index (χ1) is 16.5. The van der Waals surface area contributed by atoms with Crippen molar-refractivity contribution >= 4 is 23.9 Å². The fourth-order valence-corrected chi connectivity index (χ4v) is 3.30. The molecule has 0 fully saturated rings. The number of hydrogen-bond donors (Lipinski definition) is 3. The molecular formula is C25H39N3O7. The minimum absolute atomic E-state index is 0.00602. The van der Waals surface area contributed by atoms with Gasteiger partial charge in [0.05, 0.1) is 7.11 Å². The van der Waals surface area contributed by atoms with Crippen LogP contribution in [0.2, 0.25) is 0 Å². The van der Waals surface area contributed by atoms with E-state index in [9.17, 15) is 24.3 Å². The molecule has 0 saturated heterocycles. The lowest BCUT2D eigenvalue weighted by Crippen LogP contribution is -2.48. The summed E-state index contributed by atoms with van der Waals surface area (Å²) in [5.41, 5.74) is -0.279. The highest BCUT2D eigenvalue weighted by molar-refractivity contribution is 5.91. The number of phenolic OH excluding ortho intramolecular Hbond substituents is 1. The number of benzene rings is 1. The van der Waals surface area contributed by atoms with Crippen molar-refractivity contribution in [2.45, 2.75) is 71.4 Å². The van der Waals surface area contributed by atoms with Gasteiger partial charge in [-0.2, -0.15) is 0 Å². The van der Waals surface area contributed by atoms with Gasteiger partial charge < -0.3 is 30.1 Å². The molecule has 1 unspecified atom stereocenters. The summed E-state index contributed by atoms with van der Waals surface area (Å²) in [6.45, 7) is 6.76. The highest BCUT2D eigenvalue weighted by atomic mass is 16.6. The summed E-state index contributed by atoms with van der Waals surface area (Å²) in [5, 5.41) is 14.6. The number of carbonyl (C=O) groups is 4. The van der Waals surface area contributed by atoms with Gasteiger partial charge in [0, 0.05) is 6.54 Å². The van der Waals surface area contributed by atoms with E-state index in [0.29, 0.717) is 12.0 Å². The Morgan fingerprint density at radius 2 is 1.60 bits per heavy atom. The first-order valence-corrected chi connectivity index (χ1v) is 11.9. The molecule has 0 aliphatic rings. The number of nitrogens with one attached hydrogen (secondary N) is 2. The summed E-state index contributed by atoms with van der Waals surface area (Å²) in [5.74, 6) is -1.70. The van der Waals surface area contributed by atoms with Crippen molar-refractivity contribution in [1.29, 1.82) is 0 Å². The summed E-state index contributed by atoms with van der Waals surface area (Å²) in [7, 11) is 1.21. The molecule has 35 heavy (non-hydrogen) atoms. The highest BCUT2D eigenvalue weighted by Crippen LogP contribution is 2.24. The van der Waals surface area contributed by atoms with E-state index in [1.165, 1.54) is 36.3 Å². The second-order valence-corrected chi connectivity index (χ2v) is 9.14. The standard InChI is InChI=1S/C25H39N3O7/c1-6-7-8-9-10-15-28(20(30)16-27-24(33)35-25(2,3)4)22(18-11-13-19(29)14-12-18)23(32)26-17-21(31)34-5/h11-14,22,29H,6-10,15-17H2,1-5H3,(H,26,32)(H,27,33). The lowest BCUT2D eigenvalue weighted by atomic mass is 10.0. The molecule has 1 rings (SSSR count). The second kappa shape index (κ2) is 14.9. The van der Waals surface area contributed by atoms with Crippen molar-refractivity contribution < 1.29 is 33.8 Å². The van der Waals surface area contributed by atoms with Crippen LogP contribution in [0.5, 0.6) is 5.75 Å². The van der Waals surface area contributed by atoms with Crippen LogP contribution in [-0.2, 0) is 23.9 Å². The van der Waals surface area contributed by atoms with Crippen molar-refractivity contribution in [3.05, 3.63) is 29.8 Å². The van der Waals surface area contributed by atoms with E-state index in [0.717, 1.165) is 25.7 Å². The number of esters is 1. The number of phenols is 1. The van der Waals surface area contributed by atoms with Crippen molar-refractivity contribution in [3.63, 3.8) is 0 Å². The number of unbranched alkanes of at least 4 members (excludes halogenated alkanes) is 4. The van der Waals surface area contributed by atoms with Gasteiger partial charge in [-0.3, -0.25) is 14.4 Å². The molecule has 196 valence electrons. The molecule has 1 atom stereocenters. The maximum atomic E-state index is 13.2. The van der Waals surface area contributed by atoms with Gasteiger partial charge in [-0.1, -0.05) is 44.7 Å². The van der Waals surface area contributed by atoms with E-state index in [4.69, 9.17) is 4.74 Å². The molecule has 3 amide bonds. The van der Waals surface area contributed by atoms with Gasteiger partial charge in [-0.15, -0.1) is 0 Å². The fourth-order valence-electron chi connectivity index (χ4n) is 3.30. The van der Waals surface area contributed by atoms with Crippen molar-refractivity contribution in [2.24, 2.45) is 0 Å². The van der Waals surface area contributed by atoms with E-state index < -0.39 is 35.5 Å². The van der Waals surface area contributed by atoms with Crippen LogP contribution in [0.25, 0.3) is 0 Å². The van der Waals surface area contributed by atoms with E-state index >= 15 is 0 Å². The monoisotopic (exact) mass is 493 g/mol. The summed E-state index contributed by atoms with van der Waals surface area (Å²) in [6.07, 6.45) is 3.89. The summed E-state index contributed by atoms with van der Waals surface area (Å²) in [6, 6.07) is 4.82. The predicted octanol–water partition coefficient (Wildman–Crippen LogP) is 3.05. The van der Waals surface area contributed by atoms with Gasteiger partial charge in [-0.25, -0.2) is 4.79 Å². The van der Waals surface area contributed by atoms with Gasteiger partial charge in [0.15, 0.2) is 0 Å². The molecule has 0 aliphatic carbocycles. The molecule has 0 heterocycles. The molecule has 1 aromatic carbocycles. The number of rotatable bonds is 13. The summed E-state index contributed by atoms with van der Waals surface area (Å²) < 4.78 is 9.79. The number of nitrogens with zero attached hydrogens (tertiary/aromatic N) is 1. The topological polar surface area (TPSA) is 134 Å². The number of aromatic hydroxyl groups is 1. The highest BCUT2D eigenvalue weighted by Gasteiger charge is 2.32. The minimum Gasteiger partial charge on any atom is -0.508 e. The van der Waals surface area contributed by atoms with Crippen LogP contribution in [-0.4, -0.2) is 66.2 Å². The molecule has 0 radical (unpaired) electrons. The average molecular weight is 494 g/mol. The molecule has 0 aliphatic heterocycles. The Labute approximate surface area is 207 Å². The van der Waals surface area contributed by atoms with Crippen molar-refractivity contribution in [2.75, 3.05) is 26.7 Å². The Morgan fingerprint density at radius 1 is 0.971 bits per heavy atom. The van der Waals surface area contributed by atoms with Gasteiger partial charge in [0.25, 0.3) is 0 Å². The lowest BCUT2D eigenvalue weighted by Gasteiger charge is -2.31. The number of methoxy groups -OCH3 is 1. The molecule has 0 spiro atoms. The van der Waals surface area contributed by atoms with Crippen LogP contribution in [0, 0.1) is 0 Å². The number of carbonyl (C=O) groups excluding carboxylic acids is 4. The van der Waals surface area contributed by atoms with Crippen molar-refractivity contribution in [1.82, 2.24) is 15.5 Å². The van der Waals surface area contributed by atoms with E-state index in [1.54, 1.807) is 20.8 Å². The largest absolute Gasteiger partial charge is 0.508 e. The van der Waals surface area contributed by atoms with E-state index in [1.807, 2.05) is 0 Å². The van der Waals surface area contributed by atoms with Gasteiger partial charge >= 0.3 is 12.1 Å². The zero-order chi connectivity index (χ0) is 26.4. The van der Waals surface area contributed by atoms with Gasteiger partial charge in [0.2, 0.25) is 11.8 Å². The van der Waals surface area contributed by atoms with Crippen LogP contribution in [0.3, 0.4) is 0 Å². The summed E-state index contributed by atoms with van der Waals surface area (Å²) >= 11 is 0. The smallest absolute Gasteiger partial charge is 0.408 e. The second-order valence-electron chi connectivity index (χ2n) is 9.14. The first-order valence-electron chi connectivity index (χ1n) is 11.9. The molecule has 0 bridgehead atoms. The quantitative estimate of drug-likeness (QED) is 0.284. The molecule has 10 nitrogen and oxygen atoms in total. The molecule has 3 N–H and O–H groups in total. The predicted molar refractivity (Wildman–Crippen MR) is 131 cm³/mol. The average Bonchev–Trinajstić information content (AvgIpc) is 2.79. The van der Waals surface area contributed by atoms with Crippen molar-refractivity contribution in [3.8, 4) is 5.75 Å². The molecular weight excluding hydrogens is 454 g/mol. The normalized spacial score (nSPS) is 11.8. The van der Waals surface area contributed by atoms with Crippen LogP contribution in [0.15, 0.2) is 24.3 Å². The number of ether oxygens (including phenoxy) is 2. The summed E-state index contributed by atoms with van der Waals surface area (Å²) in [4.78, 5) is 51.4. The third kappa shape index (κ3) is 11.6. The SMILES string of the molecule is CCCCCCCN(C(=O)CNC(=O)OC(C)(C)C)C(C(=O)NCC(=O)OC)c1ccc(O)cc1. The molecule has 0 saturated carbocycles. The third-order valence-electron chi connectivity index (χ3n) is 5.01. The van der Waals surface area contributed by atoms with Gasteiger partial charge in [0.1, 0.15) is 30.5 Å². The van der Waals surface area contributed by atoms with Crippen LogP contribution >= 0.6 is 0 Å². The van der Waals surface area contributed by atoms with E-state index in [2.05, 4.69) is 22.3 Å². The Kier molecular flexibility index (Phi) is 12.6. The molecule has 1 aromatic rings. The zero-order valence-corrected chi connectivity index (χ0v) is 21.4. The maximum absolute atomic E-state index is 13.2. The number of hydrogen-bond acceptors (Lipinski definition) is 7. The first kappa shape index (κ1) is 29.7. The molecule has 10 heteroatoms. The minimum atomic E-state index is -1.08. The third-order valence-corrected chi connectivity index (χ3v) is 5.01. The number of amides is 3. The van der Waals surface area contributed by atoms with Gasteiger partial charge in [-0.05, 0) is 44.9 Å². The Hall–Kier alpha value is -3.30. The molecule has 0 aromatic heterocycles. The van der Waals surface area contributed by atoms with E-state index in [-0.39, 0.29) is 25.4 Å². The Morgan fingerprint density at radius 3 is 2.17 bits per heavy atom. The maximum Gasteiger partial charge on any atom is 0.408 e. The lowest BCUT2D eigenvalue weighted by molar-refractivity contribution is -0.143. The number of alkyl carbamates (subject to hydrolysis) is 1. The van der Waals surface area contributed by atoms with Crippen LogP contribution in [0.4, 0.5) is 4.79 Å². The zero-order valence-electron chi connectivity index (χ0n) is 21.4. The Balaban J connectivity index is 3.15.